The Morgan fingerprint density at radius 1 is 1.46 bits per heavy atom. The second kappa shape index (κ2) is 3.72. The lowest BCUT2D eigenvalue weighted by Crippen LogP contribution is -2.14. The van der Waals surface area contributed by atoms with Crippen LogP contribution in [-0.2, 0) is 10.0 Å². The molecule has 1 aromatic rings. The lowest BCUT2D eigenvalue weighted by Gasteiger charge is -2.05. The maximum absolute atomic E-state index is 11.0. The van der Waals surface area contributed by atoms with Crippen LogP contribution in [0.15, 0.2) is 17.0 Å². The van der Waals surface area contributed by atoms with Crippen LogP contribution < -0.4 is 5.14 Å². The fourth-order valence-electron chi connectivity index (χ4n) is 0.856. The SMILES string of the molecule is Cc1c(Cl)ccc(S(N)(=O)=O)c1I. The number of primary sulfonamides is 1. The summed E-state index contributed by atoms with van der Waals surface area (Å²) in [5, 5.41) is 5.54. The Bertz CT molecular complexity index is 444. The predicted octanol–water partition coefficient (Wildman–Crippen LogP) is 1.90. The van der Waals surface area contributed by atoms with Gasteiger partial charge < -0.3 is 0 Å². The number of benzene rings is 1. The summed E-state index contributed by atoms with van der Waals surface area (Å²) in [7, 11) is -3.64. The molecule has 3 nitrogen and oxygen atoms in total. The normalized spacial score (nSPS) is 11.7. The molecule has 0 radical (unpaired) electrons. The predicted molar refractivity (Wildman–Crippen MR) is 60.3 cm³/mol. The molecule has 2 N–H and O–H groups in total. The van der Waals surface area contributed by atoms with E-state index in [1.54, 1.807) is 6.92 Å². The van der Waals surface area contributed by atoms with Crippen molar-refractivity contribution in [1.29, 1.82) is 0 Å². The maximum Gasteiger partial charge on any atom is 0.239 e. The summed E-state index contributed by atoms with van der Waals surface area (Å²) in [6, 6.07) is 2.94. The lowest BCUT2D eigenvalue weighted by molar-refractivity contribution is 0.597. The van der Waals surface area contributed by atoms with Gasteiger partial charge in [-0.1, -0.05) is 11.6 Å². The molecule has 0 aliphatic heterocycles. The van der Waals surface area contributed by atoms with Gasteiger partial charge in [-0.15, -0.1) is 0 Å². The topological polar surface area (TPSA) is 60.2 Å². The van der Waals surface area contributed by atoms with Gasteiger partial charge >= 0.3 is 0 Å². The number of rotatable bonds is 1. The fraction of sp³-hybridized carbons (Fsp3) is 0.143. The van der Waals surface area contributed by atoms with E-state index in [-0.39, 0.29) is 4.90 Å². The largest absolute Gasteiger partial charge is 0.239 e. The molecular formula is C7H7ClINO2S. The van der Waals surface area contributed by atoms with Crippen LogP contribution >= 0.6 is 34.2 Å². The van der Waals surface area contributed by atoms with Crippen molar-refractivity contribution in [2.24, 2.45) is 5.14 Å². The molecule has 0 spiro atoms. The molecule has 0 heterocycles. The molecule has 0 aliphatic carbocycles. The zero-order chi connectivity index (χ0) is 10.2. The Kier molecular flexibility index (Phi) is 3.21. The third-order valence-electron chi connectivity index (χ3n) is 1.59. The first-order valence-corrected chi connectivity index (χ1v) is 6.31. The molecule has 0 saturated heterocycles. The Balaban J connectivity index is 3.53. The van der Waals surface area contributed by atoms with Crippen LogP contribution in [0.2, 0.25) is 5.02 Å². The van der Waals surface area contributed by atoms with E-state index in [1.165, 1.54) is 12.1 Å². The monoisotopic (exact) mass is 331 g/mol. The van der Waals surface area contributed by atoms with E-state index >= 15 is 0 Å². The highest BCUT2D eigenvalue weighted by Gasteiger charge is 2.14. The second-order valence-corrected chi connectivity index (χ2v) is 5.55. The molecule has 0 atom stereocenters. The molecular weight excluding hydrogens is 325 g/mol. The van der Waals surface area contributed by atoms with Crippen molar-refractivity contribution in [3.63, 3.8) is 0 Å². The summed E-state index contributed by atoms with van der Waals surface area (Å²) in [5.41, 5.74) is 0.730. The van der Waals surface area contributed by atoms with Crippen LogP contribution in [0.1, 0.15) is 5.56 Å². The van der Waals surface area contributed by atoms with Crippen molar-refractivity contribution in [1.82, 2.24) is 0 Å². The van der Waals surface area contributed by atoms with Gasteiger partial charge in [0, 0.05) is 8.59 Å². The Labute approximate surface area is 95.5 Å². The zero-order valence-corrected chi connectivity index (χ0v) is 10.4. The standard InChI is InChI=1S/C7H7ClINO2S/c1-4-5(8)2-3-6(7(4)9)13(10,11)12/h2-3H,1H3,(H2,10,11,12). The van der Waals surface area contributed by atoms with Crippen molar-refractivity contribution in [2.75, 3.05) is 0 Å². The molecule has 0 amide bonds. The van der Waals surface area contributed by atoms with Gasteiger partial charge in [0.15, 0.2) is 0 Å². The van der Waals surface area contributed by atoms with Gasteiger partial charge in [0.1, 0.15) is 0 Å². The molecule has 0 saturated carbocycles. The van der Waals surface area contributed by atoms with Crippen LogP contribution in [-0.4, -0.2) is 8.42 Å². The zero-order valence-electron chi connectivity index (χ0n) is 6.71. The molecule has 72 valence electrons. The summed E-state index contributed by atoms with van der Waals surface area (Å²) in [5.74, 6) is 0. The minimum atomic E-state index is -3.64. The molecule has 0 fully saturated rings. The van der Waals surface area contributed by atoms with Crippen LogP contribution in [0.4, 0.5) is 0 Å². The Hall–Kier alpha value is 0.150. The van der Waals surface area contributed by atoms with Crippen LogP contribution in [0.3, 0.4) is 0 Å². The number of nitrogens with two attached hydrogens (primary N) is 1. The lowest BCUT2D eigenvalue weighted by atomic mass is 10.2. The summed E-state index contributed by atoms with van der Waals surface area (Å²) < 4.78 is 22.7. The molecule has 0 aliphatic rings. The van der Waals surface area contributed by atoms with Gasteiger partial charge in [-0.05, 0) is 47.2 Å². The van der Waals surface area contributed by atoms with Gasteiger partial charge in [0.25, 0.3) is 0 Å². The third kappa shape index (κ3) is 2.34. The fourth-order valence-corrected chi connectivity index (χ4v) is 3.23. The highest BCUT2D eigenvalue weighted by Crippen LogP contribution is 2.26. The molecule has 0 bridgehead atoms. The average Bonchev–Trinajstić information content (AvgIpc) is 1.98. The quantitative estimate of drug-likeness (QED) is 0.799. The molecule has 6 heteroatoms. The van der Waals surface area contributed by atoms with Gasteiger partial charge in [-0.3, -0.25) is 0 Å². The number of hydrogen-bond acceptors (Lipinski definition) is 2. The minimum absolute atomic E-state index is 0.120. The first-order chi connectivity index (χ1) is 5.84. The van der Waals surface area contributed by atoms with Crippen molar-refractivity contribution in [2.45, 2.75) is 11.8 Å². The van der Waals surface area contributed by atoms with E-state index in [1.807, 2.05) is 22.6 Å². The van der Waals surface area contributed by atoms with Crippen LogP contribution in [0.25, 0.3) is 0 Å². The summed E-state index contributed by atoms with van der Waals surface area (Å²) in [6.45, 7) is 1.75. The smallest absolute Gasteiger partial charge is 0.225 e. The molecule has 1 aromatic carbocycles. The van der Waals surface area contributed by atoms with Crippen molar-refractivity contribution in [3.05, 3.63) is 26.3 Å². The molecule has 13 heavy (non-hydrogen) atoms. The van der Waals surface area contributed by atoms with Crippen LogP contribution in [0, 0.1) is 10.5 Å². The van der Waals surface area contributed by atoms with E-state index in [4.69, 9.17) is 16.7 Å². The third-order valence-corrected chi connectivity index (χ3v) is 4.71. The first-order valence-electron chi connectivity index (χ1n) is 3.31. The van der Waals surface area contributed by atoms with E-state index in [0.717, 1.165) is 5.56 Å². The Morgan fingerprint density at radius 3 is 2.46 bits per heavy atom. The minimum Gasteiger partial charge on any atom is -0.225 e. The Morgan fingerprint density at radius 2 is 2.00 bits per heavy atom. The highest BCUT2D eigenvalue weighted by atomic mass is 127. The number of sulfonamides is 1. The average molecular weight is 332 g/mol. The summed E-state index contributed by atoms with van der Waals surface area (Å²) in [6.07, 6.45) is 0. The van der Waals surface area contributed by atoms with E-state index in [9.17, 15) is 8.42 Å². The van der Waals surface area contributed by atoms with Gasteiger partial charge in [-0.2, -0.15) is 0 Å². The van der Waals surface area contributed by atoms with Gasteiger partial charge in [-0.25, -0.2) is 13.6 Å². The number of hydrogen-bond donors (Lipinski definition) is 1. The summed E-state index contributed by atoms with van der Waals surface area (Å²) in [4.78, 5) is 0.120. The molecule has 0 aromatic heterocycles. The van der Waals surface area contributed by atoms with E-state index < -0.39 is 10.0 Å². The first kappa shape index (κ1) is 11.2. The van der Waals surface area contributed by atoms with Crippen molar-refractivity contribution in [3.8, 4) is 0 Å². The summed E-state index contributed by atoms with van der Waals surface area (Å²) >= 11 is 7.71. The van der Waals surface area contributed by atoms with Crippen molar-refractivity contribution >= 4 is 44.2 Å². The molecule has 1 rings (SSSR count). The van der Waals surface area contributed by atoms with E-state index in [2.05, 4.69) is 0 Å². The molecule has 0 unspecified atom stereocenters. The van der Waals surface area contributed by atoms with Gasteiger partial charge in [0.05, 0.1) is 4.90 Å². The maximum atomic E-state index is 11.0. The van der Waals surface area contributed by atoms with Crippen molar-refractivity contribution < 1.29 is 8.42 Å². The number of halogens is 2. The van der Waals surface area contributed by atoms with Crippen LogP contribution in [0.5, 0.6) is 0 Å². The second-order valence-electron chi connectivity index (χ2n) is 2.53. The van der Waals surface area contributed by atoms with Gasteiger partial charge in [0.2, 0.25) is 10.0 Å². The van der Waals surface area contributed by atoms with E-state index in [0.29, 0.717) is 8.59 Å². The highest BCUT2D eigenvalue weighted by molar-refractivity contribution is 14.1.